The number of halogens is 1. The molecule has 0 aliphatic carbocycles. The number of nitrogens with zero attached hydrogens (tertiary/aromatic N) is 4. The van der Waals surface area contributed by atoms with Crippen LogP contribution in [0.4, 0.5) is 11.9 Å². The summed E-state index contributed by atoms with van der Waals surface area (Å²) in [5.74, 6) is 1.11. The van der Waals surface area contributed by atoms with Gasteiger partial charge in [-0.25, -0.2) is 0 Å². The molecule has 2 atom stereocenters. The Hall–Kier alpha value is -1.83. The minimum Gasteiger partial charge on any atom is -0.387 e. The number of hydrogen-bond acceptors (Lipinski definition) is 6. The maximum absolute atomic E-state index is 11.0. The van der Waals surface area contributed by atoms with Gasteiger partial charge in [-0.3, -0.25) is 9.88 Å². The van der Waals surface area contributed by atoms with Gasteiger partial charge in [-0.05, 0) is 49.9 Å². The Morgan fingerprint density at radius 2 is 1.81 bits per heavy atom. The number of benzene rings is 1. The van der Waals surface area contributed by atoms with Crippen molar-refractivity contribution >= 4 is 23.5 Å². The van der Waals surface area contributed by atoms with Gasteiger partial charge in [0.05, 0.1) is 6.10 Å². The molecule has 2 aliphatic heterocycles. The molecule has 3 heterocycles. The van der Waals surface area contributed by atoms with Crippen molar-refractivity contribution in [3.05, 3.63) is 34.9 Å². The van der Waals surface area contributed by atoms with Crippen LogP contribution in [0.1, 0.15) is 43.8 Å². The zero-order valence-electron chi connectivity index (χ0n) is 15.4. The van der Waals surface area contributed by atoms with Crippen molar-refractivity contribution in [1.82, 2.24) is 20.1 Å². The van der Waals surface area contributed by atoms with E-state index >= 15 is 0 Å². The summed E-state index contributed by atoms with van der Waals surface area (Å²) in [5.41, 5.74) is 6.60. The van der Waals surface area contributed by atoms with Crippen molar-refractivity contribution in [1.29, 1.82) is 0 Å². The molecule has 0 amide bonds. The zero-order valence-corrected chi connectivity index (χ0v) is 16.1. The Morgan fingerprint density at radius 1 is 1.07 bits per heavy atom. The van der Waals surface area contributed by atoms with Crippen molar-refractivity contribution in [3.8, 4) is 0 Å². The van der Waals surface area contributed by atoms with Crippen molar-refractivity contribution in [3.63, 3.8) is 0 Å². The van der Waals surface area contributed by atoms with Gasteiger partial charge in [0.25, 0.3) is 0 Å². The fourth-order valence-corrected chi connectivity index (χ4v) is 4.60. The third-order valence-corrected chi connectivity index (χ3v) is 6.15. The van der Waals surface area contributed by atoms with E-state index in [-0.39, 0.29) is 6.04 Å². The maximum Gasteiger partial charge on any atom is 0.226 e. The highest BCUT2D eigenvalue weighted by molar-refractivity contribution is 6.30. The second-order valence-corrected chi connectivity index (χ2v) is 7.99. The van der Waals surface area contributed by atoms with Crippen LogP contribution in [-0.2, 0) is 0 Å². The van der Waals surface area contributed by atoms with Crippen molar-refractivity contribution in [2.45, 2.75) is 50.3 Å². The molecule has 0 saturated carbocycles. The molecule has 0 radical (unpaired) electrons. The summed E-state index contributed by atoms with van der Waals surface area (Å²) in [6.07, 6.45) is 5.01. The Morgan fingerprint density at radius 3 is 2.48 bits per heavy atom. The number of nitrogens with one attached hydrogen (secondary N) is 1. The first-order valence-corrected chi connectivity index (χ1v) is 10.1. The molecule has 1 aromatic heterocycles. The Kier molecular flexibility index (Phi) is 5.52. The van der Waals surface area contributed by atoms with Crippen molar-refractivity contribution in [2.24, 2.45) is 0 Å². The van der Waals surface area contributed by atoms with E-state index < -0.39 is 6.10 Å². The fourth-order valence-electron chi connectivity index (χ4n) is 4.47. The lowest BCUT2D eigenvalue weighted by molar-refractivity contribution is -0.00637. The van der Waals surface area contributed by atoms with Gasteiger partial charge in [0.2, 0.25) is 11.9 Å². The minimum absolute atomic E-state index is 0.164. The third-order valence-electron chi connectivity index (χ3n) is 5.89. The van der Waals surface area contributed by atoms with Gasteiger partial charge in [-0.2, -0.15) is 0 Å². The van der Waals surface area contributed by atoms with Crippen LogP contribution in [0.2, 0.25) is 5.02 Å². The quantitative estimate of drug-likeness (QED) is 0.742. The van der Waals surface area contributed by atoms with E-state index in [1.165, 1.54) is 12.8 Å². The summed E-state index contributed by atoms with van der Waals surface area (Å²) < 4.78 is 0. The molecule has 2 fully saturated rings. The first-order chi connectivity index (χ1) is 13.1. The van der Waals surface area contributed by atoms with Crippen LogP contribution in [0.3, 0.4) is 0 Å². The summed E-state index contributed by atoms with van der Waals surface area (Å²) in [5, 5.41) is 19.7. The first-order valence-electron chi connectivity index (χ1n) is 9.74. The van der Waals surface area contributed by atoms with Crippen molar-refractivity contribution < 1.29 is 5.11 Å². The number of hydrogen-bond donors (Lipinski definition) is 3. The molecule has 7 nitrogen and oxygen atoms in total. The molecule has 8 heteroatoms. The van der Waals surface area contributed by atoms with Gasteiger partial charge in [-0.1, -0.05) is 30.2 Å². The first kappa shape index (κ1) is 18.5. The summed E-state index contributed by atoms with van der Waals surface area (Å²) in [6, 6.07) is 8.24. The van der Waals surface area contributed by atoms with Gasteiger partial charge < -0.3 is 15.7 Å². The molecule has 2 saturated heterocycles. The van der Waals surface area contributed by atoms with Crippen LogP contribution in [0.5, 0.6) is 0 Å². The molecule has 2 aliphatic rings. The van der Waals surface area contributed by atoms with Crippen LogP contribution in [0, 0.1) is 0 Å². The lowest BCUT2D eigenvalue weighted by atomic mass is 9.89. The van der Waals surface area contributed by atoms with Crippen LogP contribution < -0.4 is 10.6 Å². The molecule has 0 bridgehead atoms. The van der Waals surface area contributed by atoms with Crippen molar-refractivity contribution in [2.75, 3.05) is 30.3 Å². The van der Waals surface area contributed by atoms with E-state index in [2.05, 4.69) is 25.0 Å². The molecule has 0 spiro atoms. The van der Waals surface area contributed by atoms with Gasteiger partial charge in [0.1, 0.15) is 0 Å². The topological polar surface area (TPSA) is 94.3 Å². The lowest BCUT2D eigenvalue weighted by Crippen LogP contribution is -2.53. The summed E-state index contributed by atoms with van der Waals surface area (Å²) in [6.45, 7) is 2.88. The SMILES string of the molecule is Nc1nnc(N2CCC(N3CCCCC3C(O)c3ccc(Cl)cc3)CC2)[nH]1. The normalized spacial score (nSPS) is 23.5. The number of H-pyrrole nitrogens is 1. The number of nitrogens with two attached hydrogens (primary N) is 1. The van der Waals surface area contributed by atoms with E-state index in [1.807, 2.05) is 24.3 Å². The van der Waals surface area contributed by atoms with E-state index in [1.54, 1.807) is 0 Å². The number of anilines is 2. The molecular weight excluding hydrogens is 364 g/mol. The minimum atomic E-state index is -0.477. The van der Waals surface area contributed by atoms with Crippen LogP contribution in [0.25, 0.3) is 0 Å². The van der Waals surface area contributed by atoms with E-state index in [0.717, 1.165) is 50.4 Å². The molecule has 4 rings (SSSR count). The predicted octanol–water partition coefficient (Wildman–Crippen LogP) is 2.60. The highest BCUT2D eigenvalue weighted by atomic mass is 35.5. The van der Waals surface area contributed by atoms with Gasteiger partial charge >= 0.3 is 0 Å². The summed E-state index contributed by atoms with van der Waals surface area (Å²) in [7, 11) is 0. The van der Waals surface area contributed by atoms with E-state index in [0.29, 0.717) is 17.0 Å². The largest absolute Gasteiger partial charge is 0.387 e. The molecule has 2 unspecified atom stereocenters. The number of likely N-dealkylation sites (tertiary alicyclic amines) is 1. The zero-order chi connectivity index (χ0) is 18.8. The third kappa shape index (κ3) is 4.05. The number of aromatic amines is 1. The fraction of sp³-hybridized carbons (Fsp3) is 0.579. The number of aliphatic hydroxyl groups excluding tert-OH is 1. The van der Waals surface area contributed by atoms with Crippen LogP contribution in [-0.4, -0.2) is 56.9 Å². The van der Waals surface area contributed by atoms with Crippen LogP contribution in [0.15, 0.2) is 24.3 Å². The van der Waals surface area contributed by atoms with Gasteiger partial charge in [0.15, 0.2) is 0 Å². The highest BCUT2D eigenvalue weighted by Crippen LogP contribution is 2.33. The Labute approximate surface area is 164 Å². The number of aromatic nitrogens is 3. The monoisotopic (exact) mass is 390 g/mol. The second kappa shape index (κ2) is 8.04. The number of rotatable bonds is 4. The average molecular weight is 391 g/mol. The molecular formula is C19H27ClN6O. The van der Waals surface area contributed by atoms with E-state index in [4.69, 9.17) is 17.3 Å². The molecule has 146 valence electrons. The number of nitrogen functional groups attached to an aromatic ring is 1. The van der Waals surface area contributed by atoms with Crippen LogP contribution >= 0.6 is 11.6 Å². The Bertz CT molecular complexity index is 743. The average Bonchev–Trinajstić information content (AvgIpc) is 3.14. The van der Waals surface area contributed by atoms with Gasteiger partial charge in [-0.15, -0.1) is 10.2 Å². The molecule has 4 N–H and O–H groups in total. The maximum atomic E-state index is 11.0. The number of piperidine rings is 2. The second-order valence-electron chi connectivity index (χ2n) is 7.55. The molecule has 1 aromatic carbocycles. The summed E-state index contributed by atoms with van der Waals surface area (Å²) in [4.78, 5) is 7.75. The van der Waals surface area contributed by atoms with E-state index in [9.17, 15) is 5.11 Å². The predicted molar refractivity (Wildman–Crippen MR) is 107 cm³/mol. The smallest absolute Gasteiger partial charge is 0.226 e. The van der Waals surface area contributed by atoms with Gasteiger partial charge in [0, 0.05) is 30.2 Å². The lowest BCUT2D eigenvalue weighted by Gasteiger charge is -2.46. The molecule has 2 aromatic rings. The standard InChI is InChI=1S/C19H27ClN6O/c20-14-6-4-13(5-7-14)17(27)16-3-1-2-10-26(16)15-8-11-25(12-9-15)19-22-18(21)23-24-19/h4-7,15-17,27H,1-3,8-12H2,(H3,21,22,23,24). The molecule has 27 heavy (non-hydrogen) atoms. The Balaban J connectivity index is 1.42. The summed E-state index contributed by atoms with van der Waals surface area (Å²) >= 11 is 6.00. The number of aliphatic hydroxyl groups is 1. The highest BCUT2D eigenvalue weighted by Gasteiger charge is 2.35.